The Bertz CT molecular complexity index is 916. The van der Waals surface area contributed by atoms with Crippen molar-refractivity contribution < 1.29 is 22.7 Å². The van der Waals surface area contributed by atoms with Crippen LogP contribution < -0.4 is 10.1 Å². The molecule has 1 amide bonds. The van der Waals surface area contributed by atoms with E-state index in [0.717, 1.165) is 0 Å². The molecule has 0 radical (unpaired) electrons. The van der Waals surface area contributed by atoms with Crippen LogP contribution in [0.3, 0.4) is 0 Å². The lowest BCUT2D eigenvalue weighted by Gasteiger charge is -2.09. The number of hydrogen-bond donors (Lipinski definition) is 1. The van der Waals surface area contributed by atoms with E-state index >= 15 is 0 Å². The molecule has 4 nitrogen and oxygen atoms in total. The number of thioether (sulfide) groups is 1. The molecule has 0 bridgehead atoms. The molecule has 3 rings (SSSR count). The van der Waals surface area contributed by atoms with Crippen LogP contribution in [0.5, 0.6) is 11.5 Å². The van der Waals surface area contributed by atoms with Gasteiger partial charge in [-0.3, -0.25) is 9.78 Å². The Morgan fingerprint density at radius 2 is 1.67 bits per heavy atom. The first kappa shape index (κ1) is 18.8. The second kappa shape index (κ2) is 8.13. The van der Waals surface area contributed by atoms with Gasteiger partial charge in [0.15, 0.2) is 0 Å². The van der Waals surface area contributed by atoms with Gasteiger partial charge in [0.05, 0.1) is 0 Å². The van der Waals surface area contributed by atoms with Crippen LogP contribution in [0.4, 0.5) is 18.9 Å². The van der Waals surface area contributed by atoms with Gasteiger partial charge in [0.1, 0.15) is 11.5 Å². The number of alkyl halides is 3. The van der Waals surface area contributed by atoms with Crippen molar-refractivity contribution in [3.63, 3.8) is 0 Å². The van der Waals surface area contributed by atoms with Crippen molar-refractivity contribution in [2.24, 2.45) is 0 Å². The van der Waals surface area contributed by atoms with Gasteiger partial charge in [0, 0.05) is 34.6 Å². The molecule has 1 heterocycles. The Hall–Kier alpha value is -3.00. The lowest BCUT2D eigenvalue weighted by Crippen LogP contribution is -2.11. The van der Waals surface area contributed by atoms with Gasteiger partial charge in [-0.05, 0) is 60.3 Å². The van der Waals surface area contributed by atoms with Gasteiger partial charge in [-0.2, -0.15) is 13.2 Å². The van der Waals surface area contributed by atoms with Gasteiger partial charge in [0.25, 0.3) is 5.91 Å². The van der Waals surface area contributed by atoms with Crippen LogP contribution in [0.15, 0.2) is 78.0 Å². The van der Waals surface area contributed by atoms with Crippen LogP contribution in [0, 0.1) is 0 Å². The highest BCUT2D eigenvalue weighted by molar-refractivity contribution is 8.00. The van der Waals surface area contributed by atoms with Crippen LogP contribution in [0.2, 0.25) is 0 Å². The normalized spacial score (nSPS) is 11.1. The number of aromatic nitrogens is 1. The van der Waals surface area contributed by atoms with Gasteiger partial charge in [-0.1, -0.05) is 6.07 Å². The minimum Gasteiger partial charge on any atom is -0.457 e. The SMILES string of the molecule is O=C(Nc1cccc(Oc2ccncc2)c1)c1ccc(SC(F)(F)F)cc1. The maximum Gasteiger partial charge on any atom is 0.446 e. The molecule has 0 spiro atoms. The van der Waals surface area contributed by atoms with Crippen molar-refractivity contribution in [3.05, 3.63) is 78.6 Å². The number of anilines is 1. The summed E-state index contributed by atoms with van der Waals surface area (Å²) in [7, 11) is 0. The fourth-order valence-electron chi connectivity index (χ4n) is 2.19. The van der Waals surface area contributed by atoms with Crippen molar-refractivity contribution in [2.45, 2.75) is 10.4 Å². The van der Waals surface area contributed by atoms with E-state index in [0.29, 0.717) is 17.2 Å². The molecule has 0 saturated carbocycles. The minimum absolute atomic E-state index is 0.0202. The second-order valence-corrected chi connectivity index (χ2v) is 6.48. The zero-order valence-electron chi connectivity index (χ0n) is 13.7. The van der Waals surface area contributed by atoms with Crippen molar-refractivity contribution in [1.82, 2.24) is 4.98 Å². The highest BCUT2D eigenvalue weighted by atomic mass is 32.2. The first-order valence-corrected chi connectivity index (χ1v) is 8.56. The number of amides is 1. The molecule has 1 aromatic heterocycles. The molecule has 1 N–H and O–H groups in total. The number of ether oxygens (including phenoxy) is 1. The lowest BCUT2D eigenvalue weighted by molar-refractivity contribution is -0.0328. The summed E-state index contributed by atoms with van der Waals surface area (Å²) in [6.07, 6.45) is 3.20. The molecular weight excluding hydrogens is 377 g/mol. The van der Waals surface area contributed by atoms with Crippen LogP contribution in [0.1, 0.15) is 10.4 Å². The number of nitrogens with one attached hydrogen (secondary N) is 1. The molecule has 0 saturated heterocycles. The highest BCUT2D eigenvalue weighted by Crippen LogP contribution is 2.36. The molecule has 0 aliphatic heterocycles. The van der Waals surface area contributed by atoms with Crippen molar-refractivity contribution >= 4 is 23.4 Å². The van der Waals surface area contributed by atoms with E-state index in [2.05, 4.69) is 10.3 Å². The number of carbonyl (C=O) groups excluding carboxylic acids is 1. The largest absolute Gasteiger partial charge is 0.457 e. The summed E-state index contributed by atoms with van der Waals surface area (Å²) < 4.78 is 42.7. The van der Waals surface area contributed by atoms with Crippen molar-refractivity contribution in [1.29, 1.82) is 0 Å². The molecule has 138 valence electrons. The summed E-state index contributed by atoms with van der Waals surface area (Å²) in [6.45, 7) is 0. The highest BCUT2D eigenvalue weighted by Gasteiger charge is 2.29. The first-order valence-electron chi connectivity index (χ1n) is 7.74. The number of rotatable bonds is 5. The van der Waals surface area contributed by atoms with E-state index in [1.807, 2.05) is 0 Å². The first-order chi connectivity index (χ1) is 12.9. The van der Waals surface area contributed by atoms with Gasteiger partial charge < -0.3 is 10.1 Å². The van der Waals surface area contributed by atoms with Crippen LogP contribution in [-0.2, 0) is 0 Å². The predicted molar refractivity (Wildman–Crippen MR) is 97.1 cm³/mol. The minimum atomic E-state index is -4.36. The standard InChI is InChI=1S/C19H13F3N2O2S/c20-19(21,22)27-17-6-4-13(5-7-17)18(25)24-14-2-1-3-16(12-14)26-15-8-10-23-11-9-15/h1-12H,(H,24,25). The Balaban J connectivity index is 1.66. The van der Waals surface area contributed by atoms with E-state index in [1.54, 1.807) is 48.8 Å². The summed E-state index contributed by atoms with van der Waals surface area (Å²) >= 11 is -0.225. The number of halogens is 3. The van der Waals surface area contributed by atoms with E-state index in [9.17, 15) is 18.0 Å². The zero-order chi connectivity index (χ0) is 19.3. The van der Waals surface area contributed by atoms with Crippen molar-refractivity contribution in [2.75, 3.05) is 5.32 Å². The zero-order valence-corrected chi connectivity index (χ0v) is 14.6. The monoisotopic (exact) mass is 390 g/mol. The Morgan fingerprint density at radius 3 is 2.33 bits per heavy atom. The molecule has 0 aliphatic rings. The van der Waals surface area contributed by atoms with E-state index in [4.69, 9.17) is 4.74 Å². The van der Waals surface area contributed by atoms with E-state index < -0.39 is 11.4 Å². The Morgan fingerprint density at radius 1 is 0.963 bits per heavy atom. The van der Waals surface area contributed by atoms with Crippen LogP contribution in [0.25, 0.3) is 0 Å². The number of carbonyl (C=O) groups is 1. The smallest absolute Gasteiger partial charge is 0.446 e. The summed E-state index contributed by atoms with van der Waals surface area (Å²) in [5.74, 6) is 0.696. The Labute approximate surface area is 157 Å². The van der Waals surface area contributed by atoms with Gasteiger partial charge in [-0.15, -0.1) is 0 Å². The third-order valence-corrected chi connectivity index (χ3v) is 4.07. The summed E-state index contributed by atoms with van der Waals surface area (Å²) in [6, 6.07) is 15.4. The summed E-state index contributed by atoms with van der Waals surface area (Å²) in [5.41, 5.74) is -3.61. The molecule has 0 atom stereocenters. The van der Waals surface area contributed by atoms with Gasteiger partial charge in [-0.25, -0.2) is 0 Å². The van der Waals surface area contributed by atoms with Crippen LogP contribution >= 0.6 is 11.8 Å². The maximum absolute atomic E-state index is 12.4. The maximum atomic E-state index is 12.4. The summed E-state index contributed by atoms with van der Waals surface area (Å²) in [5, 5.41) is 2.69. The fourth-order valence-corrected chi connectivity index (χ4v) is 2.73. The molecule has 8 heteroatoms. The molecule has 3 aromatic rings. The van der Waals surface area contributed by atoms with Crippen molar-refractivity contribution in [3.8, 4) is 11.5 Å². The summed E-state index contributed by atoms with van der Waals surface area (Å²) in [4.78, 5) is 16.2. The van der Waals surface area contributed by atoms with Gasteiger partial charge >= 0.3 is 5.51 Å². The second-order valence-electron chi connectivity index (χ2n) is 5.34. The number of pyridine rings is 1. The molecular formula is C19H13F3N2O2S. The number of benzene rings is 2. The lowest BCUT2D eigenvalue weighted by atomic mass is 10.2. The van der Waals surface area contributed by atoms with E-state index in [-0.39, 0.29) is 22.2 Å². The van der Waals surface area contributed by atoms with Gasteiger partial charge in [0.2, 0.25) is 0 Å². The fraction of sp³-hybridized carbons (Fsp3) is 0.0526. The molecule has 0 unspecified atom stereocenters. The average Bonchev–Trinajstić information content (AvgIpc) is 2.62. The quantitative estimate of drug-likeness (QED) is 0.565. The molecule has 27 heavy (non-hydrogen) atoms. The molecule has 0 fully saturated rings. The predicted octanol–water partition coefficient (Wildman–Crippen LogP) is 5.74. The average molecular weight is 390 g/mol. The number of nitrogens with zero attached hydrogens (tertiary/aromatic N) is 1. The number of hydrogen-bond acceptors (Lipinski definition) is 4. The molecule has 0 aliphatic carbocycles. The topological polar surface area (TPSA) is 51.2 Å². The molecule has 2 aromatic carbocycles. The van der Waals surface area contributed by atoms with E-state index in [1.165, 1.54) is 24.3 Å². The third kappa shape index (κ3) is 5.75. The Kier molecular flexibility index (Phi) is 5.66. The third-order valence-electron chi connectivity index (χ3n) is 3.33. The van der Waals surface area contributed by atoms with Crippen LogP contribution in [-0.4, -0.2) is 16.4 Å².